The molecule has 0 spiro atoms. The Hall–Kier alpha value is 0.260. The van der Waals surface area contributed by atoms with Gasteiger partial charge in [-0.1, -0.05) is 208 Å². The van der Waals surface area contributed by atoms with Crippen LogP contribution < -0.4 is 0 Å². The van der Waals surface area contributed by atoms with Crippen molar-refractivity contribution in [3.63, 3.8) is 0 Å². The highest BCUT2D eigenvalue weighted by Gasteiger charge is 2.09. The Bertz CT molecular complexity index is 775. The number of rotatable bonds is 31. The molecule has 0 aliphatic carbocycles. The summed E-state index contributed by atoms with van der Waals surface area (Å²) in [5.74, 6) is 0. The van der Waals surface area contributed by atoms with Crippen LogP contribution >= 0.6 is 47.7 Å². The van der Waals surface area contributed by atoms with E-state index >= 15 is 0 Å². The fourth-order valence-corrected chi connectivity index (χ4v) is 13.7. The van der Waals surface area contributed by atoms with E-state index < -0.39 is 0 Å². The van der Waals surface area contributed by atoms with Gasteiger partial charge in [0.05, 0.1) is 0 Å². The van der Waals surface area contributed by atoms with E-state index in [0.717, 1.165) is 0 Å². The van der Waals surface area contributed by atoms with E-state index in [0.29, 0.717) is 0 Å². The molecule has 0 aliphatic heterocycles. The number of hydrogen-bond acceptors (Lipinski definition) is 0. The maximum Gasteiger partial charge on any atom is 0.00707 e. The molecule has 0 nitrogen and oxygen atoms in total. The average Bonchev–Trinajstić information content (AvgIpc) is 3.04. The number of unbranched alkanes of at least 4 members (excludes halogenated alkanes) is 19. The Morgan fingerprint density at radius 3 is 0.818 bits per heavy atom. The monoisotopic (exact) mass is 766 g/mol. The van der Waals surface area contributed by atoms with E-state index in [1.54, 1.807) is 0 Å². The van der Waals surface area contributed by atoms with Crippen LogP contribution in [0.2, 0.25) is 0 Å². The van der Waals surface area contributed by atoms with Gasteiger partial charge in [0.1, 0.15) is 0 Å². The Labute approximate surface area is 293 Å². The highest BCUT2D eigenvalue weighted by Crippen LogP contribution is 2.41. The second-order valence-electron chi connectivity index (χ2n) is 13.0. The second kappa shape index (κ2) is 30.6. The molecule has 0 amide bonds. The third kappa shape index (κ3) is 23.6. The van der Waals surface area contributed by atoms with Gasteiger partial charge in [-0.2, -0.15) is 0 Å². The van der Waals surface area contributed by atoms with Crippen LogP contribution in [0.25, 0.3) is 0 Å². The molecule has 0 radical (unpaired) electrons. The van der Waals surface area contributed by atoms with Crippen LogP contribution in [0.1, 0.15) is 140 Å². The molecule has 2 aromatic rings. The highest BCUT2D eigenvalue weighted by molar-refractivity contribution is 9.09. The first-order valence-corrected chi connectivity index (χ1v) is 24.5. The van der Waals surface area contributed by atoms with Crippen molar-refractivity contribution in [1.29, 1.82) is 0 Å². The first kappa shape index (κ1) is 40.4. The Morgan fingerprint density at radius 1 is 0.318 bits per heavy atom. The van der Waals surface area contributed by atoms with E-state index in [2.05, 4.69) is 92.5 Å². The molecule has 2 unspecified atom stereocenters. The summed E-state index contributed by atoms with van der Waals surface area (Å²) in [7, 11) is 0.320. The van der Waals surface area contributed by atoms with Gasteiger partial charge in [-0.15, -0.1) is 15.8 Å². The first-order valence-electron chi connectivity index (χ1n) is 18.5. The average molecular weight is 769 g/mol. The van der Waals surface area contributed by atoms with Crippen molar-refractivity contribution < 1.29 is 0 Å². The van der Waals surface area contributed by atoms with Crippen LogP contribution in [0.3, 0.4) is 0 Å². The number of benzene rings is 2. The smallest absolute Gasteiger partial charge is 0.00707 e. The van der Waals surface area contributed by atoms with Gasteiger partial charge in [0, 0.05) is 10.7 Å². The third-order valence-corrected chi connectivity index (χ3v) is 16.3. The maximum absolute atomic E-state index is 3.69. The van der Waals surface area contributed by atoms with Crippen LogP contribution in [0.5, 0.6) is 0 Å². The van der Waals surface area contributed by atoms with Gasteiger partial charge in [0.2, 0.25) is 0 Å². The molecule has 4 heteroatoms. The summed E-state index contributed by atoms with van der Waals surface area (Å²) in [5.41, 5.74) is 3.08. The second-order valence-corrected chi connectivity index (χ2v) is 19.7. The molecule has 0 aromatic heterocycles. The van der Waals surface area contributed by atoms with Crippen molar-refractivity contribution in [2.24, 2.45) is 0 Å². The van der Waals surface area contributed by atoms with Crippen LogP contribution in [-0.2, 0) is 12.3 Å². The molecule has 0 saturated carbocycles. The summed E-state index contributed by atoms with van der Waals surface area (Å²) in [5, 5.41) is 2.34. The first-order chi connectivity index (χ1) is 21.8. The van der Waals surface area contributed by atoms with Gasteiger partial charge in [0.25, 0.3) is 0 Å². The molecule has 0 saturated heterocycles. The SMILES string of the molecule is BrCCP(CCCCCCCCCCCCCCCCCCCCCCP(CCBr)Cc1ccccc1)Cc1ccccc1. The molecule has 0 aliphatic rings. The lowest BCUT2D eigenvalue weighted by molar-refractivity contribution is 0.523. The van der Waals surface area contributed by atoms with E-state index in [1.807, 2.05) is 0 Å². The van der Waals surface area contributed by atoms with E-state index in [1.165, 1.54) is 187 Å². The zero-order valence-corrected chi connectivity index (χ0v) is 33.2. The molecule has 0 fully saturated rings. The standard InChI is InChI=1S/C40H66Br2P2/c41-31-35-43(37-39-27-21-19-22-28-39)33-25-17-15-13-11-9-7-5-3-1-2-4-6-8-10-12-14-16-18-26-34-44(36-32-42)38-40-29-23-20-24-30-40/h19-24,27-30H,1-18,25-26,31-38H2. The summed E-state index contributed by atoms with van der Waals surface area (Å²) in [6, 6.07) is 22.3. The highest BCUT2D eigenvalue weighted by atomic mass is 79.9. The molecular formula is C40H66Br2P2. The summed E-state index contributed by atoms with van der Waals surface area (Å²) in [6.45, 7) is 0. The minimum atomic E-state index is 0.160. The molecule has 0 heterocycles. The minimum absolute atomic E-state index is 0.160. The van der Waals surface area contributed by atoms with E-state index in [4.69, 9.17) is 0 Å². The summed E-state index contributed by atoms with van der Waals surface area (Å²) in [6.07, 6.45) is 37.6. The zero-order valence-electron chi connectivity index (χ0n) is 28.2. The maximum atomic E-state index is 3.69. The lowest BCUT2D eigenvalue weighted by atomic mass is 10.0. The fourth-order valence-electron chi connectivity index (χ4n) is 6.31. The Balaban J connectivity index is 1.27. The van der Waals surface area contributed by atoms with Crippen molar-refractivity contribution in [3.05, 3.63) is 71.8 Å². The van der Waals surface area contributed by atoms with Crippen LogP contribution in [0.15, 0.2) is 60.7 Å². The van der Waals surface area contributed by atoms with Gasteiger partial charge < -0.3 is 0 Å². The van der Waals surface area contributed by atoms with Crippen molar-refractivity contribution in [1.82, 2.24) is 0 Å². The molecular weight excluding hydrogens is 702 g/mol. The van der Waals surface area contributed by atoms with E-state index in [9.17, 15) is 0 Å². The van der Waals surface area contributed by atoms with Gasteiger partial charge in [-0.05, 0) is 60.9 Å². The van der Waals surface area contributed by atoms with Crippen molar-refractivity contribution in [2.75, 3.05) is 35.3 Å². The molecule has 2 atom stereocenters. The van der Waals surface area contributed by atoms with Crippen molar-refractivity contribution in [3.8, 4) is 0 Å². The van der Waals surface area contributed by atoms with Crippen LogP contribution in [-0.4, -0.2) is 35.3 Å². The van der Waals surface area contributed by atoms with Gasteiger partial charge in [0.15, 0.2) is 0 Å². The molecule has 250 valence electrons. The molecule has 2 rings (SSSR count). The molecule has 0 N–H and O–H groups in total. The summed E-state index contributed by atoms with van der Waals surface area (Å²) in [4.78, 5) is 0. The quantitative estimate of drug-likeness (QED) is 0.0407. The van der Waals surface area contributed by atoms with Gasteiger partial charge in [-0.25, -0.2) is 0 Å². The van der Waals surface area contributed by atoms with Crippen LogP contribution in [0.4, 0.5) is 0 Å². The normalized spacial score (nSPS) is 12.9. The van der Waals surface area contributed by atoms with Crippen molar-refractivity contribution in [2.45, 2.75) is 141 Å². The summed E-state index contributed by atoms with van der Waals surface area (Å²) < 4.78 is 0. The minimum Gasteiger partial charge on any atom is -0.101 e. The van der Waals surface area contributed by atoms with Gasteiger partial charge >= 0.3 is 0 Å². The topological polar surface area (TPSA) is 0 Å². The molecule has 44 heavy (non-hydrogen) atoms. The predicted molar refractivity (Wildman–Crippen MR) is 214 cm³/mol. The van der Waals surface area contributed by atoms with E-state index in [-0.39, 0.29) is 15.8 Å². The largest absolute Gasteiger partial charge is 0.101 e. The molecule has 2 aromatic carbocycles. The van der Waals surface area contributed by atoms with Crippen molar-refractivity contribution >= 4 is 47.7 Å². The fraction of sp³-hybridized carbons (Fsp3) is 0.700. The lowest BCUT2D eigenvalue weighted by Gasteiger charge is -2.16. The van der Waals surface area contributed by atoms with Gasteiger partial charge in [-0.3, -0.25) is 0 Å². The third-order valence-electron chi connectivity index (χ3n) is 9.00. The number of alkyl halides is 2. The predicted octanol–water partition coefficient (Wildman–Crippen LogP) is 14.9. The number of halogens is 2. The number of hydrogen-bond donors (Lipinski definition) is 0. The summed E-state index contributed by atoms with van der Waals surface area (Å²) >= 11 is 7.38. The lowest BCUT2D eigenvalue weighted by Crippen LogP contribution is -1.96. The molecule has 0 bridgehead atoms. The Kier molecular flexibility index (Phi) is 28.1. The Morgan fingerprint density at radius 2 is 0.568 bits per heavy atom. The zero-order chi connectivity index (χ0) is 31.2. The van der Waals surface area contributed by atoms with Crippen LogP contribution in [0, 0.1) is 0 Å².